The third kappa shape index (κ3) is 2.86. The largest absolute Gasteiger partial charge is 0.490 e. The maximum absolute atomic E-state index is 12.8. The Morgan fingerprint density at radius 2 is 2.00 bits per heavy atom. The van der Waals surface area contributed by atoms with E-state index in [1.807, 2.05) is 24.3 Å². The molecule has 3 heterocycles. The molecule has 2 aromatic rings. The predicted molar refractivity (Wildman–Crippen MR) is 91.8 cm³/mol. The van der Waals surface area contributed by atoms with Crippen LogP contribution in [-0.2, 0) is 11.3 Å². The van der Waals surface area contributed by atoms with E-state index >= 15 is 0 Å². The number of thiophene rings is 1. The Morgan fingerprint density at radius 1 is 1.17 bits per heavy atom. The van der Waals surface area contributed by atoms with Crippen LogP contribution in [0.15, 0.2) is 41.8 Å². The quantitative estimate of drug-likeness (QED) is 0.919. The molecule has 4 nitrogen and oxygen atoms in total. The number of anilines is 1. The summed E-state index contributed by atoms with van der Waals surface area (Å²) in [6.07, 6.45) is 1.69. The summed E-state index contributed by atoms with van der Waals surface area (Å²) in [4.78, 5) is 16.6. The number of likely N-dealkylation sites (tertiary alicyclic amines) is 1. The molecule has 5 heteroatoms. The van der Waals surface area contributed by atoms with E-state index in [0.717, 1.165) is 43.9 Å². The van der Waals surface area contributed by atoms with Crippen LogP contribution >= 0.6 is 11.3 Å². The lowest BCUT2D eigenvalue weighted by atomic mass is 9.78. The number of ether oxygens (including phenoxy) is 1. The van der Waals surface area contributed by atoms with E-state index in [2.05, 4.69) is 27.7 Å². The van der Waals surface area contributed by atoms with E-state index in [1.165, 1.54) is 4.88 Å². The number of hydrogen-bond acceptors (Lipinski definition) is 4. The molecule has 2 aliphatic heterocycles. The van der Waals surface area contributed by atoms with E-state index in [9.17, 15) is 4.79 Å². The lowest BCUT2D eigenvalue weighted by Crippen LogP contribution is -2.48. The van der Waals surface area contributed by atoms with Crippen LogP contribution in [-0.4, -0.2) is 30.5 Å². The van der Waals surface area contributed by atoms with Gasteiger partial charge in [-0.3, -0.25) is 9.69 Å². The molecule has 0 radical (unpaired) electrons. The number of para-hydroxylation sites is 2. The van der Waals surface area contributed by atoms with Gasteiger partial charge in [0.1, 0.15) is 12.4 Å². The van der Waals surface area contributed by atoms with Crippen molar-refractivity contribution >= 4 is 22.9 Å². The minimum atomic E-state index is -0.398. The molecule has 0 bridgehead atoms. The second kappa shape index (κ2) is 5.98. The summed E-state index contributed by atoms with van der Waals surface area (Å²) in [6.45, 7) is 3.33. The van der Waals surface area contributed by atoms with Gasteiger partial charge in [0.2, 0.25) is 5.91 Å². The fourth-order valence-corrected chi connectivity index (χ4v) is 4.11. The summed E-state index contributed by atoms with van der Waals surface area (Å²) in [5, 5.41) is 5.18. The van der Waals surface area contributed by atoms with Crippen molar-refractivity contribution in [1.29, 1.82) is 0 Å². The van der Waals surface area contributed by atoms with Gasteiger partial charge >= 0.3 is 0 Å². The van der Waals surface area contributed by atoms with Gasteiger partial charge in [0.15, 0.2) is 0 Å². The molecule has 1 saturated heterocycles. The third-order valence-corrected chi connectivity index (χ3v) is 5.75. The standard InChI is InChI=1S/C18H20N2O2S/c21-17-18(13-22-16-6-2-1-5-15(16)19-17)7-9-20(10-8-18)12-14-4-3-11-23-14/h1-6,11H,7-10,12-13H2,(H,19,21). The van der Waals surface area contributed by atoms with Crippen LogP contribution in [0.4, 0.5) is 5.69 Å². The van der Waals surface area contributed by atoms with Crippen molar-refractivity contribution in [2.75, 3.05) is 25.0 Å². The van der Waals surface area contributed by atoms with Gasteiger partial charge < -0.3 is 10.1 Å². The zero-order valence-electron chi connectivity index (χ0n) is 13.0. The first-order valence-corrected chi connectivity index (χ1v) is 8.91. The highest BCUT2D eigenvalue weighted by Gasteiger charge is 2.44. The Bertz CT molecular complexity index is 691. The van der Waals surface area contributed by atoms with Gasteiger partial charge in [0.25, 0.3) is 0 Å². The maximum Gasteiger partial charge on any atom is 0.234 e. The van der Waals surface area contributed by atoms with Gasteiger partial charge in [-0.25, -0.2) is 0 Å². The topological polar surface area (TPSA) is 41.6 Å². The second-order valence-corrected chi connectivity index (χ2v) is 7.41. The molecule has 0 saturated carbocycles. The van der Waals surface area contributed by atoms with Crippen molar-refractivity contribution in [2.45, 2.75) is 19.4 Å². The van der Waals surface area contributed by atoms with Crippen molar-refractivity contribution in [3.63, 3.8) is 0 Å². The molecule has 0 unspecified atom stereocenters. The highest BCUT2D eigenvalue weighted by molar-refractivity contribution is 7.09. The molecule has 1 aromatic heterocycles. The highest BCUT2D eigenvalue weighted by atomic mass is 32.1. The molecule has 1 N–H and O–H groups in total. The molecule has 1 fully saturated rings. The Morgan fingerprint density at radius 3 is 2.78 bits per heavy atom. The van der Waals surface area contributed by atoms with Crippen LogP contribution in [0.3, 0.4) is 0 Å². The Labute approximate surface area is 140 Å². The molecule has 0 aliphatic carbocycles. The van der Waals surface area contributed by atoms with Gasteiger partial charge in [-0.1, -0.05) is 18.2 Å². The normalized spacial score (nSPS) is 20.4. The maximum atomic E-state index is 12.8. The minimum absolute atomic E-state index is 0.109. The lowest BCUT2D eigenvalue weighted by Gasteiger charge is -2.39. The van der Waals surface area contributed by atoms with Crippen molar-refractivity contribution in [3.8, 4) is 5.75 Å². The summed E-state index contributed by atoms with van der Waals surface area (Å²) < 4.78 is 5.95. The molecule has 2 aliphatic rings. The molecule has 4 rings (SSSR count). The summed E-state index contributed by atoms with van der Waals surface area (Å²) in [7, 11) is 0. The van der Waals surface area contributed by atoms with E-state index in [4.69, 9.17) is 4.74 Å². The fraction of sp³-hybridized carbons (Fsp3) is 0.389. The number of amides is 1. The first-order chi connectivity index (χ1) is 11.3. The number of piperidine rings is 1. The van der Waals surface area contributed by atoms with Crippen molar-refractivity contribution in [3.05, 3.63) is 46.7 Å². The van der Waals surface area contributed by atoms with Crippen LogP contribution in [0, 0.1) is 5.41 Å². The molecular weight excluding hydrogens is 308 g/mol. The number of nitrogens with one attached hydrogen (secondary N) is 1. The van der Waals surface area contributed by atoms with Gasteiger partial charge in [0.05, 0.1) is 11.1 Å². The Balaban J connectivity index is 1.45. The van der Waals surface area contributed by atoms with E-state index in [0.29, 0.717) is 6.61 Å². The van der Waals surface area contributed by atoms with Gasteiger partial charge in [-0.05, 0) is 49.5 Å². The summed E-state index contributed by atoms with van der Waals surface area (Å²) in [6, 6.07) is 11.9. The first kappa shape index (κ1) is 14.7. The predicted octanol–water partition coefficient (Wildman–Crippen LogP) is 3.36. The molecular formula is C18H20N2O2S. The summed E-state index contributed by atoms with van der Waals surface area (Å²) in [5.41, 5.74) is 0.390. The van der Waals surface area contributed by atoms with E-state index in [1.54, 1.807) is 11.3 Å². The first-order valence-electron chi connectivity index (χ1n) is 8.03. The number of benzene rings is 1. The van der Waals surface area contributed by atoms with E-state index in [-0.39, 0.29) is 5.91 Å². The van der Waals surface area contributed by atoms with Crippen LogP contribution in [0.2, 0.25) is 0 Å². The van der Waals surface area contributed by atoms with Crippen LogP contribution in [0.1, 0.15) is 17.7 Å². The van der Waals surface area contributed by atoms with Crippen molar-refractivity contribution in [1.82, 2.24) is 4.90 Å². The van der Waals surface area contributed by atoms with Gasteiger partial charge in [0, 0.05) is 11.4 Å². The second-order valence-electron chi connectivity index (χ2n) is 6.37. The monoisotopic (exact) mass is 328 g/mol. The zero-order valence-corrected chi connectivity index (χ0v) is 13.8. The average Bonchev–Trinajstić information content (AvgIpc) is 3.04. The van der Waals surface area contributed by atoms with Crippen molar-refractivity contribution in [2.24, 2.45) is 5.41 Å². The molecule has 1 spiro atoms. The Kier molecular flexibility index (Phi) is 3.83. The fourth-order valence-electron chi connectivity index (χ4n) is 3.37. The number of carbonyl (C=O) groups is 1. The number of fused-ring (bicyclic) bond motifs is 1. The summed E-state index contributed by atoms with van der Waals surface area (Å²) >= 11 is 1.79. The van der Waals surface area contributed by atoms with Crippen LogP contribution in [0.25, 0.3) is 0 Å². The number of hydrogen-bond donors (Lipinski definition) is 1. The summed E-state index contributed by atoms with van der Waals surface area (Å²) in [5.74, 6) is 0.886. The molecule has 120 valence electrons. The third-order valence-electron chi connectivity index (χ3n) is 4.89. The van der Waals surface area contributed by atoms with Crippen molar-refractivity contribution < 1.29 is 9.53 Å². The highest BCUT2D eigenvalue weighted by Crippen LogP contribution is 2.39. The lowest BCUT2D eigenvalue weighted by molar-refractivity contribution is -0.130. The number of nitrogens with zero attached hydrogens (tertiary/aromatic N) is 1. The average molecular weight is 328 g/mol. The number of carbonyl (C=O) groups excluding carboxylic acids is 1. The van der Waals surface area contributed by atoms with E-state index < -0.39 is 5.41 Å². The van der Waals surface area contributed by atoms with Gasteiger partial charge in [-0.2, -0.15) is 0 Å². The minimum Gasteiger partial charge on any atom is -0.490 e. The van der Waals surface area contributed by atoms with Crippen LogP contribution < -0.4 is 10.1 Å². The number of rotatable bonds is 2. The molecule has 23 heavy (non-hydrogen) atoms. The zero-order chi connectivity index (χ0) is 15.7. The molecule has 0 atom stereocenters. The van der Waals surface area contributed by atoms with Crippen LogP contribution in [0.5, 0.6) is 5.75 Å². The molecule has 1 amide bonds. The molecule has 1 aromatic carbocycles. The smallest absolute Gasteiger partial charge is 0.234 e. The Hall–Kier alpha value is -1.85. The van der Waals surface area contributed by atoms with Gasteiger partial charge in [-0.15, -0.1) is 11.3 Å². The SMILES string of the molecule is O=C1Nc2ccccc2OCC12CCN(Cc1cccs1)CC2.